The normalized spacial score (nSPS) is 22.5. The molecule has 5 atom stereocenters. The largest absolute Gasteiger partial charge is 0.504 e. The number of Topliss-reactive ketones (excluding diaryl/α,β-unsaturated/α-hetero) is 1. The monoisotopic (exact) mass is 552 g/mol. The highest BCUT2D eigenvalue weighted by atomic mass is 16.5. The number of carbonyl (C=O) groups excluding carboxylic acids is 1. The van der Waals surface area contributed by atoms with Gasteiger partial charge in [0.1, 0.15) is 0 Å². The Kier molecular flexibility index (Phi) is 7.75. The highest BCUT2D eigenvalue weighted by molar-refractivity contribution is 6.02. The van der Waals surface area contributed by atoms with Gasteiger partial charge in [-0.2, -0.15) is 0 Å². The summed E-state index contributed by atoms with van der Waals surface area (Å²) < 4.78 is 28.2. The molecule has 3 aromatic rings. The summed E-state index contributed by atoms with van der Waals surface area (Å²) in [5.74, 6) is -1.30. The number of hydrogen-bond donors (Lipinski definition) is 4. The maximum atomic E-state index is 13.5. The zero-order valence-electron chi connectivity index (χ0n) is 22.4. The van der Waals surface area contributed by atoms with Crippen LogP contribution in [0.2, 0.25) is 0 Å². The van der Waals surface area contributed by atoms with E-state index in [9.17, 15) is 25.2 Å². The molecule has 5 unspecified atom stereocenters. The molecule has 5 rings (SSSR count). The molecule has 0 amide bonds. The molecule has 2 aliphatic rings. The Balaban J connectivity index is 1.46. The zero-order chi connectivity index (χ0) is 28.6. The first-order valence-electron chi connectivity index (χ1n) is 12.8. The number of aliphatic hydroxyl groups excluding tert-OH is 1. The van der Waals surface area contributed by atoms with Crippen molar-refractivity contribution in [1.82, 2.24) is 0 Å². The molecule has 2 aliphatic heterocycles. The maximum absolute atomic E-state index is 13.5. The van der Waals surface area contributed by atoms with E-state index < -0.39 is 24.4 Å². The summed E-state index contributed by atoms with van der Waals surface area (Å²) in [6.07, 6.45) is -0.676. The topological polar surface area (TPSA) is 144 Å². The molecule has 0 aromatic heterocycles. The molecule has 3 aromatic carbocycles. The van der Waals surface area contributed by atoms with Crippen LogP contribution in [-0.2, 0) is 9.47 Å². The van der Waals surface area contributed by atoms with E-state index in [0.29, 0.717) is 24.5 Å². The lowest BCUT2D eigenvalue weighted by Gasteiger charge is -2.22. The summed E-state index contributed by atoms with van der Waals surface area (Å²) in [6, 6.07) is 12.6. The predicted octanol–water partition coefficient (Wildman–Crippen LogP) is 3.86. The number of aliphatic hydroxyl groups is 1. The Hall–Kier alpha value is -3.99. The molecule has 0 spiro atoms. The fourth-order valence-electron chi connectivity index (χ4n) is 5.70. The summed E-state index contributed by atoms with van der Waals surface area (Å²) in [5, 5.41) is 41.2. The minimum Gasteiger partial charge on any atom is -0.504 e. The molecule has 212 valence electrons. The molecule has 10 heteroatoms. The third kappa shape index (κ3) is 4.78. The molecule has 2 heterocycles. The Morgan fingerprint density at radius 1 is 0.800 bits per heavy atom. The van der Waals surface area contributed by atoms with E-state index in [4.69, 9.17) is 23.7 Å². The molecule has 4 N–H and O–H groups in total. The van der Waals surface area contributed by atoms with E-state index in [0.717, 1.165) is 5.56 Å². The number of fused-ring (bicyclic) bond motifs is 1. The van der Waals surface area contributed by atoms with Gasteiger partial charge in [0.15, 0.2) is 40.3 Å². The average Bonchev–Trinajstić information content (AvgIpc) is 3.57. The van der Waals surface area contributed by atoms with Crippen molar-refractivity contribution in [2.24, 2.45) is 11.8 Å². The van der Waals surface area contributed by atoms with Gasteiger partial charge < -0.3 is 44.1 Å². The number of ether oxygens (including phenoxy) is 5. The summed E-state index contributed by atoms with van der Waals surface area (Å²) >= 11 is 0. The zero-order valence-corrected chi connectivity index (χ0v) is 22.4. The summed E-state index contributed by atoms with van der Waals surface area (Å²) in [7, 11) is 4.27. The molecular weight excluding hydrogens is 520 g/mol. The van der Waals surface area contributed by atoms with E-state index >= 15 is 0 Å². The van der Waals surface area contributed by atoms with Gasteiger partial charge in [-0.05, 0) is 53.6 Å². The molecule has 0 saturated carbocycles. The van der Waals surface area contributed by atoms with Crippen molar-refractivity contribution >= 4 is 5.78 Å². The number of phenolic OH excluding ortho intramolecular Hbond substituents is 3. The van der Waals surface area contributed by atoms with Crippen LogP contribution in [0.1, 0.15) is 45.2 Å². The lowest BCUT2D eigenvalue weighted by atomic mass is 9.83. The summed E-state index contributed by atoms with van der Waals surface area (Å²) in [4.78, 5) is 13.5. The van der Waals surface area contributed by atoms with Crippen LogP contribution < -0.4 is 14.2 Å². The van der Waals surface area contributed by atoms with E-state index in [1.54, 1.807) is 30.3 Å². The van der Waals surface area contributed by atoms with Crippen molar-refractivity contribution in [1.29, 1.82) is 0 Å². The predicted molar refractivity (Wildman–Crippen MR) is 142 cm³/mol. The first-order valence-corrected chi connectivity index (χ1v) is 12.8. The molecule has 0 radical (unpaired) electrons. The van der Waals surface area contributed by atoms with Gasteiger partial charge in [-0.25, -0.2) is 0 Å². The summed E-state index contributed by atoms with van der Waals surface area (Å²) in [6.45, 7) is 0.252. The molecule has 10 nitrogen and oxygen atoms in total. The van der Waals surface area contributed by atoms with Crippen molar-refractivity contribution in [2.75, 3.05) is 41.2 Å². The van der Waals surface area contributed by atoms with Crippen LogP contribution in [0.25, 0.3) is 0 Å². The number of hydrogen-bond acceptors (Lipinski definition) is 10. The van der Waals surface area contributed by atoms with Gasteiger partial charge >= 0.3 is 0 Å². The van der Waals surface area contributed by atoms with E-state index in [1.807, 2.05) is 0 Å². The van der Waals surface area contributed by atoms with Crippen LogP contribution in [0, 0.1) is 11.8 Å². The molecular formula is C30H32O10. The number of aromatic hydroxyl groups is 3. The Morgan fingerprint density at radius 2 is 1.35 bits per heavy atom. The number of benzene rings is 3. The van der Waals surface area contributed by atoms with Crippen molar-refractivity contribution in [2.45, 2.75) is 18.1 Å². The second-order valence-corrected chi connectivity index (χ2v) is 9.91. The van der Waals surface area contributed by atoms with Gasteiger partial charge in [0.05, 0.1) is 59.3 Å². The SMILES string of the molecule is COc1cc(C(=O)C(CO)c2cc(C3OCC4C(c5ccc(O)c(OC)c5)OCC34)cc(OC)c2O)ccc1O. The van der Waals surface area contributed by atoms with Crippen LogP contribution in [-0.4, -0.2) is 67.4 Å². The highest BCUT2D eigenvalue weighted by Crippen LogP contribution is 2.52. The van der Waals surface area contributed by atoms with Crippen LogP contribution in [0.3, 0.4) is 0 Å². The van der Waals surface area contributed by atoms with Gasteiger partial charge in [-0.1, -0.05) is 6.07 Å². The number of methoxy groups -OCH3 is 3. The van der Waals surface area contributed by atoms with Crippen LogP contribution in [0.15, 0.2) is 48.5 Å². The van der Waals surface area contributed by atoms with Gasteiger partial charge in [-0.3, -0.25) is 4.79 Å². The third-order valence-corrected chi connectivity index (χ3v) is 7.81. The Bertz CT molecular complexity index is 1400. The van der Waals surface area contributed by atoms with E-state index in [-0.39, 0.29) is 57.8 Å². The van der Waals surface area contributed by atoms with Gasteiger partial charge in [0.2, 0.25) is 0 Å². The van der Waals surface area contributed by atoms with Gasteiger partial charge in [-0.15, -0.1) is 0 Å². The third-order valence-electron chi connectivity index (χ3n) is 7.81. The minimum atomic E-state index is -1.11. The Morgan fingerprint density at radius 3 is 1.95 bits per heavy atom. The minimum absolute atomic E-state index is 0.0160. The van der Waals surface area contributed by atoms with Crippen molar-refractivity contribution in [3.63, 3.8) is 0 Å². The lowest BCUT2D eigenvalue weighted by molar-refractivity contribution is 0.0191. The number of phenols is 3. The van der Waals surface area contributed by atoms with E-state index in [1.165, 1.54) is 39.5 Å². The quantitative estimate of drug-likeness (QED) is 0.289. The van der Waals surface area contributed by atoms with Crippen LogP contribution in [0.4, 0.5) is 0 Å². The fraction of sp³-hybridized carbons (Fsp3) is 0.367. The highest BCUT2D eigenvalue weighted by Gasteiger charge is 2.48. The number of carbonyl (C=O) groups is 1. The first-order chi connectivity index (χ1) is 19.3. The second-order valence-electron chi connectivity index (χ2n) is 9.91. The van der Waals surface area contributed by atoms with Crippen LogP contribution >= 0.6 is 0 Å². The lowest BCUT2D eigenvalue weighted by Crippen LogP contribution is -2.19. The maximum Gasteiger partial charge on any atom is 0.172 e. The van der Waals surface area contributed by atoms with Gasteiger partial charge in [0.25, 0.3) is 0 Å². The number of rotatable bonds is 9. The average molecular weight is 553 g/mol. The van der Waals surface area contributed by atoms with Crippen LogP contribution in [0.5, 0.6) is 34.5 Å². The Labute approximate surface area is 231 Å². The molecule has 40 heavy (non-hydrogen) atoms. The van der Waals surface area contributed by atoms with Crippen molar-refractivity contribution < 1.29 is 48.9 Å². The summed E-state index contributed by atoms with van der Waals surface area (Å²) in [5.41, 5.74) is 1.94. The van der Waals surface area contributed by atoms with Crippen molar-refractivity contribution in [3.8, 4) is 34.5 Å². The van der Waals surface area contributed by atoms with Gasteiger partial charge in [0, 0.05) is 23.0 Å². The molecule has 0 bridgehead atoms. The van der Waals surface area contributed by atoms with Crippen molar-refractivity contribution in [3.05, 3.63) is 70.8 Å². The van der Waals surface area contributed by atoms with E-state index in [2.05, 4.69) is 0 Å². The molecule has 0 aliphatic carbocycles. The number of ketones is 1. The fourth-order valence-corrected chi connectivity index (χ4v) is 5.70. The first kappa shape index (κ1) is 27.6. The molecule has 2 saturated heterocycles. The smallest absolute Gasteiger partial charge is 0.172 e. The standard InChI is InChI=1S/C30H32O10/c1-36-24-9-15(4-6-22(24)32)27(34)19(12-31)18-8-17(11-26(38-3)28(18)35)30-21-14-39-29(20(21)13-40-30)16-5-7-23(33)25(10-16)37-2/h4-11,19-21,29-33,35H,12-14H2,1-3H3. The molecule has 2 fully saturated rings. The second kappa shape index (κ2) is 11.2.